The van der Waals surface area contributed by atoms with Crippen molar-refractivity contribution in [1.29, 1.82) is 0 Å². The van der Waals surface area contributed by atoms with Crippen LogP contribution in [-0.4, -0.2) is 45.0 Å². The van der Waals surface area contributed by atoms with Crippen LogP contribution in [0.1, 0.15) is 13.3 Å². The van der Waals surface area contributed by atoms with Gasteiger partial charge in [-0.05, 0) is 18.6 Å². The molecule has 1 unspecified atom stereocenters. The highest BCUT2D eigenvalue weighted by Gasteiger charge is 2.22. The first-order valence-electron chi connectivity index (χ1n) is 6.22. The molecule has 20 heavy (non-hydrogen) atoms. The van der Waals surface area contributed by atoms with Gasteiger partial charge in [-0.3, -0.25) is 0 Å². The zero-order valence-electron chi connectivity index (χ0n) is 11.5. The first kappa shape index (κ1) is 16.5. The average Bonchev–Trinajstić information content (AvgIpc) is 2.38. The smallest absolute Gasteiger partial charge is 0.328 e. The largest absolute Gasteiger partial charge is 0.480 e. The molecule has 0 saturated carbocycles. The van der Waals surface area contributed by atoms with Crippen LogP contribution in [0.3, 0.4) is 0 Å². The summed E-state index contributed by atoms with van der Waals surface area (Å²) in [6, 6.07) is 5.28. The van der Waals surface area contributed by atoms with Crippen molar-refractivity contribution in [2.45, 2.75) is 24.3 Å². The second-order valence-electron chi connectivity index (χ2n) is 4.31. The van der Waals surface area contributed by atoms with E-state index >= 15 is 0 Å². The predicted molar refractivity (Wildman–Crippen MR) is 75.7 cm³/mol. The van der Waals surface area contributed by atoms with Crippen LogP contribution in [0.25, 0.3) is 0 Å². The van der Waals surface area contributed by atoms with Gasteiger partial charge < -0.3 is 15.2 Å². The summed E-state index contributed by atoms with van der Waals surface area (Å²) in [5.74, 6) is -1.08. The van der Waals surface area contributed by atoms with E-state index in [1.807, 2.05) is 0 Å². The molecular weight excluding hydrogens is 282 g/mol. The van der Waals surface area contributed by atoms with Crippen molar-refractivity contribution in [3.8, 4) is 0 Å². The van der Waals surface area contributed by atoms with Crippen molar-refractivity contribution >= 4 is 21.5 Å². The van der Waals surface area contributed by atoms with Crippen molar-refractivity contribution in [2.24, 2.45) is 0 Å². The molecule has 0 aliphatic carbocycles. The quantitative estimate of drug-likeness (QED) is 0.753. The lowest BCUT2D eigenvalue weighted by Crippen LogP contribution is -2.34. The highest BCUT2D eigenvalue weighted by molar-refractivity contribution is 7.91. The van der Waals surface area contributed by atoms with Gasteiger partial charge in [0.25, 0.3) is 0 Å². The molecule has 0 fully saturated rings. The van der Waals surface area contributed by atoms with Gasteiger partial charge in [0.05, 0.1) is 22.9 Å². The Balaban J connectivity index is 3.10. The van der Waals surface area contributed by atoms with Crippen molar-refractivity contribution in [3.05, 3.63) is 24.3 Å². The Kier molecular flexibility index (Phi) is 5.97. The molecule has 0 amide bonds. The van der Waals surface area contributed by atoms with Gasteiger partial charge in [-0.15, -0.1) is 0 Å². The number of anilines is 1. The summed E-state index contributed by atoms with van der Waals surface area (Å²) in [6.07, 6.45) is 0.497. The monoisotopic (exact) mass is 301 g/mol. The minimum Gasteiger partial charge on any atom is -0.480 e. The summed E-state index contributed by atoms with van der Waals surface area (Å²) in [5, 5.41) is 11.8. The molecule has 1 aromatic rings. The molecule has 0 heterocycles. The Labute approximate surface area is 118 Å². The number of hydrogen-bond donors (Lipinski definition) is 2. The molecular formula is C13H19NO5S. The lowest BCUT2D eigenvalue weighted by atomic mass is 10.2. The summed E-state index contributed by atoms with van der Waals surface area (Å²) in [7, 11) is -2.04. The van der Waals surface area contributed by atoms with Crippen LogP contribution in [0.15, 0.2) is 29.2 Å². The van der Waals surface area contributed by atoms with E-state index in [0.717, 1.165) is 0 Å². The first-order valence-corrected chi connectivity index (χ1v) is 7.87. The van der Waals surface area contributed by atoms with Crippen molar-refractivity contribution in [1.82, 2.24) is 0 Å². The summed E-state index contributed by atoms with van der Waals surface area (Å²) >= 11 is 0. The number of methoxy groups -OCH3 is 1. The van der Waals surface area contributed by atoms with Gasteiger partial charge in [-0.2, -0.15) is 0 Å². The van der Waals surface area contributed by atoms with E-state index in [1.54, 1.807) is 25.1 Å². The van der Waals surface area contributed by atoms with Crippen LogP contribution in [0.4, 0.5) is 5.69 Å². The van der Waals surface area contributed by atoms with Crippen molar-refractivity contribution < 1.29 is 23.1 Å². The fourth-order valence-electron chi connectivity index (χ4n) is 1.76. The van der Waals surface area contributed by atoms with E-state index in [9.17, 15) is 13.2 Å². The normalized spacial score (nSPS) is 12.9. The van der Waals surface area contributed by atoms with Crippen molar-refractivity contribution in [3.63, 3.8) is 0 Å². The van der Waals surface area contributed by atoms with Gasteiger partial charge in [0.15, 0.2) is 9.84 Å². The Morgan fingerprint density at radius 2 is 2.05 bits per heavy atom. The Morgan fingerprint density at radius 3 is 2.60 bits per heavy atom. The molecule has 2 N–H and O–H groups in total. The van der Waals surface area contributed by atoms with Gasteiger partial charge >= 0.3 is 5.97 Å². The number of aliphatic carboxylic acids is 1. The summed E-state index contributed by atoms with van der Waals surface area (Å²) < 4.78 is 29.1. The van der Waals surface area contributed by atoms with E-state index in [-0.39, 0.29) is 22.9 Å². The average molecular weight is 301 g/mol. The van der Waals surface area contributed by atoms with Crippen molar-refractivity contribution in [2.75, 3.05) is 24.8 Å². The maximum absolute atomic E-state index is 12.1. The number of carbonyl (C=O) groups is 1. The minimum atomic E-state index is -3.42. The standard InChI is InChI=1S/C13H19NO5S/c1-3-8-20(17,18)12-7-5-4-6-10(12)14-11(9-19-2)13(15)16/h4-7,11,14H,3,8-9H2,1-2H3,(H,15,16). The number of para-hydroxylation sites is 1. The second kappa shape index (κ2) is 7.25. The van der Waals surface area contributed by atoms with E-state index in [1.165, 1.54) is 13.2 Å². The number of carboxylic acid groups (broad SMARTS) is 1. The van der Waals surface area contributed by atoms with Gasteiger partial charge in [0.1, 0.15) is 6.04 Å². The highest BCUT2D eigenvalue weighted by atomic mass is 32.2. The third-order valence-electron chi connectivity index (χ3n) is 2.66. The third-order valence-corrected chi connectivity index (χ3v) is 4.63. The van der Waals surface area contributed by atoms with E-state index in [4.69, 9.17) is 9.84 Å². The number of carboxylic acids is 1. The van der Waals surface area contributed by atoms with Crippen LogP contribution in [0.5, 0.6) is 0 Å². The van der Waals surface area contributed by atoms with Crippen LogP contribution in [-0.2, 0) is 19.4 Å². The van der Waals surface area contributed by atoms with Crippen LogP contribution in [0, 0.1) is 0 Å². The highest BCUT2D eigenvalue weighted by Crippen LogP contribution is 2.23. The Hall–Kier alpha value is -1.60. The van der Waals surface area contributed by atoms with Gasteiger partial charge in [-0.1, -0.05) is 19.1 Å². The lowest BCUT2D eigenvalue weighted by molar-refractivity contribution is -0.139. The number of ether oxygens (including phenoxy) is 1. The fraction of sp³-hybridized carbons (Fsp3) is 0.462. The van der Waals surface area contributed by atoms with Gasteiger partial charge in [0.2, 0.25) is 0 Å². The zero-order chi connectivity index (χ0) is 15.2. The van der Waals surface area contributed by atoms with E-state index in [2.05, 4.69) is 5.32 Å². The number of benzene rings is 1. The summed E-state index contributed by atoms with van der Waals surface area (Å²) in [4.78, 5) is 11.2. The molecule has 0 radical (unpaired) electrons. The summed E-state index contributed by atoms with van der Waals surface area (Å²) in [6.45, 7) is 1.72. The molecule has 0 saturated heterocycles. The first-order chi connectivity index (χ1) is 9.42. The number of sulfone groups is 1. The molecule has 112 valence electrons. The molecule has 0 aliphatic rings. The lowest BCUT2D eigenvalue weighted by Gasteiger charge is -2.17. The van der Waals surface area contributed by atoms with E-state index in [0.29, 0.717) is 6.42 Å². The number of rotatable bonds is 8. The molecule has 0 spiro atoms. The molecule has 0 bridgehead atoms. The SMILES string of the molecule is CCCS(=O)(=O)c1ccccc1NC(COC)C(=O)O. The molecule has 7 heteroatoms. The zero-order valence-corrected chi connectivity index (χ0v) is 12.3. The maximum atomic E-state index is 12.1. The summed E-state index contributed by atoms with van der Waals surface area (Å²) in [5.41, 5.74) is 0.283. The Bertz CT molecular complexity index is 556. The fourth-order valence-corrected chi connectivity index (χ4v) is 3.27. The Morgan fingerprint density at radius 1 is 1.40 bits per heavy atom. The topological polar surface area (TPSA) is 92.7 Å². The van der Waals surface area contributed by atoms with E-state index < -0.39 is 21.8 Å². The maximum Gasteiger partial charge on any atom is 0.328 e. The molecule has 1 aromatic carbocycles. The molecule has 0 aromatic heterocycles. The number of nitrogens with one attached hydrogen (secondary N) is 1. The second-order valence-corrected chi connectivity index (χ2v) is 6.38. The third kappa shape index (κ3) is 4.21. The molecule has 1 atom stereocenters. The minimum absolute atomic E-state index is 0.0215. The van der Waals surface area contributed by atoms with Gasteiger partial charge in [-0.25, -0.2) is 13.2 Å². The predicted octanol–water partition coefficient (Wildman–Crippen LogP) is 1.38. The van der Waals surface area contributed by atoms with Gasteiger partial charge in [0, 0.05) is 7.11 Å². The van der Waals surface area contributed by atoms with Crippen LogP contribution >= 0.6 is 0 Å². The molecule has 0 aliphatic heterocycles. The number of hydrogen-bond acceptors (Lipinski definition) is 5. The van der Waals surface area contributed by atoms with Crippen LogP contribution in [0.2, 0.25) is 0 Å². The van der Waals surface area contributed by atoms with Crippen LogP contribution < -0.4 is 5.32 Å². The molecule has 1 rings (SSSR count). The molecule has 6 nitrogen and oxygen atoms in total.